The van der Waals surface area contributed by atoms with Crippen molar-refractivity contribution in [3.63, 3.8) is 0 Å². The van der Waals surface area contributed by atoms with Crippen LogP contribution in [0.4, 0.5) is 5.69 Å². The minimum atomic E-state index is -0.594. The van der Waals surface area contributed by atoms with E-state index in [0.29, 0.717) is 36.8 Å². The van der Waals surface area contributed by atoms with Crippen LogP contribution in [0.3, 0.4) is 0 Å². The van der Waals surface area contributed by atoms with Crippen LogP contribution >= 0.6 is 0 Å². The maximum Gasteiger partial charge on any atom is 0.254 e. The van der Waals surface area contributed by atoms with Gasteiger partial charge in [0.1, 0.15) is 6.04 Å². The number of carbonyl (C=O) groups excluding carboxylic acids is 2. The van der Waals surface area contributed by atoms with Gasteiger partial charge in [-0.1, -0.05) is 11.2 Å². The van der Waals surface area contributed by atoms with Crippen LogP contribution in [0.25, 0.3) is 0 Å². The Morgan fingerprint density at radius 3 is 3.00 bits per heavy atom. The van der Waals surface area contributed by atoms with Crippen molar-refractivity contribution in [1.29, 1.82) is 0 Å². The average molecular weight is 342 g/mol. The Hall–Kier alpha value is -2.74. The number of benzene rings is 1. The van der Waals surface area contributed by atoms with E-state index in [2.05, 4.69) is 15.5 Å². The van der Waals surface area contributed by atoms with Gasteiger partial charge < -0.3 is 19.5 Å². The van der Waals surface area contributed by atoms with E-state index in [1.165, 1.54) is 6.39 Å². The minimum absolute atomic E-state index is 0.0665. The predicted molar refractivity (Wildman–Crippen MR) is 87.0 cm³/mol. The van der Waals surface area contributed by atoms with Crippen molar-refractivity contribution < 1.29 is 18.8 Å². The highest BCUT2D eigenvalue weighted by atomic mass is 16.5. The Morgan fingerprint density at radius 1 is 1.40 bits per heavy atom. The second-order valence-corrected chi connectivity index (χ2v) is 6.72. The first kappa shape index (κ1) is 15.8. The summed E-state index contributed by atoms with van der Waals surface area (Å²) in [6.07, 6.45) is 1.24. The van der Waals surface area contributed by atoms with E-state index in [1.54, 1.807) is 17.0 Å². The lowest BCUT2D eigenvalue weighted by atomic mass is 9.86. The molecule has 1 N–H and O–H groups in total. The Balaban J connectivity index is 1.65. The summed E-state index contributed by atoms with van der Waals surface area (Å²) in [4.78, 5) is 30.8. The summed E-state index contributed by atoms with van der Waals surface area (Å²) in [7, 11) is 0. The number of ether oxygens (including phenoxy) is 1. The fourth-order valence-electron chi connectivity index (χ4n) is 3.28. The molecule has 1 saturated heterocycles. The molecule has 0 aliphatic carbocycles. The van der Waals surface area contributed by atoms with Gasteiger partial charge in [-0.2, -0.15) is 4.98 Å². The molecule has 1 fully saturated rings. The third-order valence-electron chi connectivity index (χ3n) is 4.82. The van der Waals surface area contributed by atoms with Gasteiger partial charge in [-0.25, -0.2) is 0 Å². The number of carbonyl (C=O) groups is 2. The summed E-state index contributed by atoms with van der Waals surface area (Å²) in [5.41, 5.74) is 1.49. The largest absolute Gasteiger partial charge is 0.377 e. The van der Waals surface area contributed by atoms with Gasteiger partial charge >= 0.3 is 0 Å². The maximum absolute atomic E-state index is 13.0. The summed E-state index contributed by atoms with van der Waals surface area (Å²) < 4.78 is 10.3. The van der Waals surface area contributed by atoms with Crippen molar-refractivity contribution in [3.8, 4) is 0 Å². The number of fused-ring (bicyclic) bond motifs is 1. The molecule has 2 amide bonds. The van der Waals surface area contributed by atoms with Crippen LogP contribution in [0.2, 0.25) is 0 Å². The standard InChI is InChI=1S/C17H18N4O4/c1-17(2)11-4-3-10(7-12(11)19-16(17)23)15(22)21-5-6-24-8-13(21)14-18-9-25-20-14/h3-4,7,9,13H,5-6,8H2,1-2H3,(H,19,23). The molecule has 2 aromatic rings. The van der Waals surface area contributed by atoms with Gasteiger partial charge in [-0.15, -0.1) is 0 Å². The first-order chi connectivity index (χ1) is 12.0. The molecule has 0 saturated carbocycles. The highest BCUT2D eigenvalue weighted by Crippen LogP contribution is 2.38. The third kappa shape index (κ3) is 2.49. The Bertz CT molecular complexity index is 831. The van der Waals surface area contributed by atoms with Gasteiger partial charge in [-0.3, -0.25) is 9.59 Å². The third-order valence-corrected chi connectivity index (χ3v) is 4.82. The first-order valence-electron chi connectivity index (χ1n) is 8.09. The first-order valence-corrected chi connectivity index (χ1v) is 8.09. The lowest BCUT2D eigenvalue weighted by molar-refractivity contribution is -0.119. The van der Waals surface area contributed by atoms with Gasteiger partial charge in [0.05, 0.1) is 18.6 Å². The number of hydrogen-bond donors (Lipinski definition) is 1. The van der Waals surface area contributed by atoms with E-state index < -0.39 is 5.41 Å². The van der Waals surface area contributed by atoms with Crippen LogP contribution in [0.1, 0.15) is 41.6 Å². The fraction of sp³-hybridized carbons (Fsp3) is 0.412. The van der Waals surface area contributed by atoms with Crippen molar-refractivity contribution >= 4 is 17.5 Å². The number of rotatable bonds is 2. The van der Waals surface area contributed by atoms with Crippen LogP contribution in [-0.4, -0.2) is 46.6 Å². The van der Waals surface area contributed by atoms with Gasteiger partial charge in [0, 0.05) is 17.8 Å². The molecule has 1 unspecified atom stereocenters. The molecule has 1 aromatic heterocycles. The summed E-state index contributed by atoms with van der Waals surface area (Å²) in [6.45, 7) is 4.94. The number of anilines is 1. The molecule has 1 atom stereocenters. The lowest BCUT2D eigenvalue weighted by Crippen LogP contribution is -2.43. The molecule has 2 aliphatic heterocycles. The van der Waals surface area contributed by atoms with Crippen LogP contribution < -0.4 is 5.32 Å². The average Bonchev–Trinajstić information content (AvgIpc) is 3.22. The molecule has 3 heterocycles. The lowest BCUT2D eigenvalue weighted by Gasteiger charge is -2.33. The monoisotopic (exact) mass is 342 g/mol. The molecule has 0 radical (unpaired) electrons. The number of aromatic nitrogens is 2. The molecule has 0 bridgehead atoms. The van der Waals surface area contributed by atoms with E-state index in [0.717, 1.165) is 5.56 Å². The van der Waals surface area contributed by atoms with Gasteiger partial charge in [-0.05, 0) is 31.5 Å². The zero-order valence-corrected chi connectivity index (χ0v) is 14.0. The van der Waals surface area contributed by atoms with Crippen molar-refractivity contribution in [2.45, 2.75) is 25.3 Å². The van der Waals surface area contributed by atoms with Crippen molar-refractivity contribution in [2.75, 3.05) is 25.1 Å². The van der Waals surface area contributed by atoms with Crippen LogP contribution in [-0.2, 0) is 14.9 Å². The number of hydrogen-bond acceptors (Lipinski definition) is 6. The summed E-state index contributed by atoms with van der Waals surface area (Å²) in [6, 6.07) is 4.93. The van der Waals surface area contributed by atoms with Gasteiger partial charge in [0.15, 0.2) is 5.82 Å². The van der Waals surface area contributed by atoms with Gasteiger partial charge in [0.25, 0.3) is 5.91 Å². The number of morpholine rings is 1. The predicted octanol–water partition coefficient (Wildman–Crippen LogP) is 1.51. The zero-order valence-electron chi connectivity index (χ0n) is 14.0. The molecule has 2 aliphatic rings. The highest BCUT2D eigenvalue weighted by Gasteiger charge is 2.39. The molecular formula is C17H18N4O4. The number of nitrogens with one attached hydrogen (secondary N) is 1. The van der Waals surface area contributed by atoms with Crippen molar-refractivity contribution in [2.24, 2.45) is 0 Å². The number of nitrogens with zero attached hydrogens (tertiary/aromatic N) is 3. The second-order valence-electron chi connectivity index (χ2n) is 6.72. The normalized spacial score (nSPS) is 21.8. The highest BCUT2D eigenvalue weighted by molar-refractivity contribution is 6.07. The van der Waals surface area contributed by atoms with Gasteiger partial charge in [0.2, 0.25) is 12.3 Å². The molecule has 1 aromatic carbocycles. The quantitative estimate of drug-likeness (QED) is 0.888. The van der Waals surface area contributed by atoms with Crippen LogP contribution in [0, 0.1) is 0 Å². The minimum Gasteiger partial charge on any atom is -0.377 e. The summed E-state index contributed by atoms with van der Waals surface area (Å²) in [5.74, 6) is 0.201. The Labute approximate surface area is 144 Å². The van der Waals surface area contributed by atoms with E-state index in [4.69, 9.17) is 9.26 Å². The molecule has 130 valence electrons. The van der Waals surface area contributed by atoms with Crippen molar-refractivity contribution in [1.82, 2.24) is 15.0 Å². The maximum atomic E-state index is 13.0. The molecule has 8 heteroatoms. The smallest absolute Gasteiger partial charge is 0.254 e. The SMILES string of the molecule is CC1(C)C(=O)Nc2cc(C(=O)N3CCOCC3c3ncon3)ccc21. The Kier molecular flexibility index (Phi) is 3.57. The Morgan fingerprint density at radius 2 is 2.24 bits per heavy atom. The molecular weight excluding hydrogens is 324 g/mol. The van der Waals surface area contributed by atoms with E-state index >= 15 is 0 Å². The number of amides is 2. The van der Waals surface area contributed by atoms with E-state index in [1.807, 2.05) is 19.9 Å². The summed E-state index contributed by atoms with van der Waals surface area (Å²) in [5, 5.41) is 6.69. The molecule has 25 heavy (non-hydrogen) atoms. The fourth-order valence-corrected chi connectivity index (χ4v) is 3.28. The van der Waals surface area contributed by atoms with E-state index in [-0.39, 0.29) is 17.9 Å². The van der Waals surface area contributed by atoms with Crippen LogP contribution in [0.5, 0.6) is 0 Å². The summed E-state index contributed by atoms with van der Waals surface area (Å²) >= 11 is 0. The molecule has 8 nitrogen and oxygen atoms in total. The van der Waals surface area contributed by atoms with Crippen molar-refractivity contribution in [3.05, 3.63) is 41.5 Å². The zero-order chi connectivity index (χ0) is 17.6. The molecule has 4 rings (SSSR count). The van der Waals surface area contributed by atoms with Crippen LogP contribution in [0.15, 0.2) is 29.1 Å². The molecule has 0 spiro atoms. The second kappa shape index (κ2) is 5.66. The topological polar surface area (TPSA) is 97.6 Å². The van der Waals surface area contributed by atoms with E-state index in [9.17, 15) is 9.59 Å².